The molecule has 0 aliphatic carbocycles. The van der Waals surface area contributed by atoms with Crippen molar-refractivity contribution in [2.24, 2.45) is 0 Å². The third kappa shape index (κ3) is 6.10. The van der Waals surface area contributed by atoms with Gasteiger partial charge in [0.1, 0.15) is 0 Å². The highest BCUT2D eigenvalue weighted by Crippen LogP contribution is 2.39. The average molecular weight is 667 g/mol. The summed E-state index contributed by atoms with van der Waals surface area (Å²) in [6.45, 7) is 0. The lowest BCUT2D eigenvalue weighted by Gasteiger charge is -2.15. The Labute approximate surface area is 301 Å². The third-order valence-electron chi connectivity index (χ3n) is 9.20. The first kappa shape index (κ1) is 30.8. The topological polar surface area (TPSA) is 77.3 Å². The number of aromatic nitrogens is 6. The molecule has 0 aliphatic heterocycles. The van der Waals surface area contributed by atoms with Gasteiger partial charge in [0.2, 0.25) is 0 Å². The van der Waals surface area contributed by atoms with E-state index in [1.54, 1.807) is 24.8 Å². The van der Waals surface area contributed by atoms with Crippen molar-refractivity contribution in [1.29, 1.82) is 0 Å². The minimum absolute atomic E-state index is 0.543. The summed E-state index contributed by atoms with van der Waals surface area (Å²) in [5, 5.41) is 1.07. The fourth-order valence-corrected chi connectivity index (χ4v) is 6.56. The third-order valence-corrected chi connectivity index (χ3v) is 9.20. The number of hydrogen-bond donors (Lipinski definition) is 0. The number of rotatable bonds is 7. The van der Waals surface area contributed by atoms with Crippen molar-refractivity contribution in [3.05, 3.63) is 183 Å². The second-order valence-electron chi connectivity index (χ2n) is 12.5. The molecule has 0 saturated carbocycles. The first-order valence-corrected chi connectivity index (χ1v) is 17.1. The largest absolute Gasteiger partial charge is 0.264 e. The molecule has 244 valence electrons. The molecule has 5 aromatic carbocycles. The summed E-state index contributed by atoms with van der Waals surface area (Å²) in [5.74, 6) is 1.64. The molecule has 0 bridgehead atoms. The van der Waals surface area contributed by atoms with Crippen LogP contribution in [0.5, 0.6) is 0 Å². The second-order valence-corrected chi connectivity index (χ2v) is 12.5. The van der Waals surface area contributed by atoms with Crippen LogP contribution in [-0.4, -0.2) is 29.9 Å². The maximum absolute atomic E-state index is 4.97. The number of nitrogens with zero attached hydrogens (tertiary/aromatic N) is 6. The summed E-state index contributed by atoms with van der Waals surface area (Å²) in [6.07, 6.45) is 8.86. The number of para-hydroxylation sites is 1. The highest BCUT2D eigenvalue weighted by molar-refractivity contribution is 5.99. The van der Waals surface area contributed by atoms with Crippen LogP contribution in [0.1, 0.15) is 0 Å². The van der Waals surface area contributed by atoms with Gasteiger partial charge < -0.3 is 0 Å². The van der Waals surface area contributed by atoms with Crippen LogP contribution in [0.25, 0.3) is 89.6 Å². The normalized spacial score (nSPS) is 11.1. The maximum atomic E-state index is 4.97. The molecule has 0 saturated heterocycles. The molecule has 0 spiro atoms. The van der Waals surface area contributed by atoms with Gasteiger partial charge in [0.25, 0.3) is 0 Å². The van der Waals surface area contributed by atoms with E-state index in [1.807, 2.05) is 42.6 Å². The molecule has 4 aromatic heterocycles. The Morgan fingerprint density at radius 3 is 1.40 bits per heavy atom. The van der Waals surface area contributed by atoms with Crippen molar-refractivity contribution in [1.82, 2.24) is 29.9 Å². The summed E-state index contributed by atoms with van der Waals surface area (Å²) in [5.41, 5.74) is 12.4. The van der Waals surface area contributed by atoms with Crippen molar-refractivity contribution >= 4 is 10.9 Å². The van der Waals surface area contributed by atoms with Gasteiger partial charge in [-0.25, -0.2) is 15.0 Å². The van der Waals surface area contributed by atoms with Gasteiger partial charge in [-0.15, -0.1) is 0 Å². The molecule has 0 amide bonds. The van der Waals surface area contributed by atoms with Gasteiger partial charge in [0.05, 0.1) is 5.52 Å². The minimum atomic E-state index is 0.543. The Morgan fingerprint density at radius 1 is 0.308 bits per heavy atom. The van der Waals surface area contributed by atoms with Gasteiger partial charge in [-0.3, -0.25) is 15.0 Å². The van der Waals surface area contributed by atoms with Crippen LogP contribution in [0, 0.1) is 0 Å². The summed E-state index contributed by atoms with van der Waals surface area (Å²) in [6, 6.07) is 52.5. The van der Waals surface area contributed by atoms with Crippen LogP contribution in [0.2, 0.25) is 0 Å². The van der Waals surface area contributed by atoms with E-state index in [0.29, 0.717) is 17.5 Å². The summed E-state index contributed by atoms with van der Waals surface area (Å²) in [7, 11) is 0. The van der Waals surface area contributed by atoms with Gasteiger partial charge in [-0.2, -0.15) is 0 Å². The zero-order valence-electron chi connectivity index (χ0n) is 28.0. The molecule has 9 rings (SSSR count). The van der Waals surface area contributed by atoms with E-state index >= 15 is 0 Å². The fraction of sp³-hybridized carbons (Fsp3) is 0. The van der Waals surface area contributed by atoms with Gasteiger partial charge in [-0.1, -0.05) is 115 Å². The monoisotopic (exact) mass is 666 g/mol. The lowest BCUT2D eigenvalue weighted by molar-refractivity contribution is 1.07. The van der Waals surface area contributed by atoms with E-state index in [4.69, 9.17) is 19.9 Å². The van der Waals surface area contributed by atoms with Crippen molar-refractivity contribution < 1.29 is 0 Å². The standard InChI is InChI=1S/C46H30N6/c1-2-8-31(9-3-1)32-15-17-33(18-16-32)34-19-21-35(22-20-34)40-24-23-37(28-42(40)41-14-4-10-36-11-7-27-49-43(36)41)44-50-45(38-12-5-25-47-29-38)52-46(51-44)39-13-6-26-48-30-39/h1-30H. The van der Waals surface area contributed by atoms with Gasteiger partial charge in [-0.05, 0) is 75.3 Å². The zero-order valence-corrected chi connectivity index (χ0v) is 28.0. The molecule has 52 heavy (non-hydrogen) atoms. The lowest BCUT2D eigenvalue weighted by Crippen LogP contribution is -2.01. The van der Waals surface area contributed by atoms with Crippen molar-refractivity contribution in [2.75, 3.05) is 0 Å². The molecule has 4 heterocycles. The number of hydrogen-bond acceptors (Lipinski definition) is 6. The Bertz CT molecular complexity index is 2580. The van der Waals surface area contributed by atoms with Crippen LogP contribution in [0.4, 0.5) is 0 Å². The van der Waals surface area contributed by atoms with E-state index in [1.165, 1.54) is 16.7 Å². The van der Waals surface area contributed by atoms with Crippen LogP contribution in [0.15, 0.2) is 183 Å². The van der Waals surface area contributed by atoms with Gasteiger partial charge in [0, 0.05) is 58.6 Å². The van der Waals surface area contributed by atoms with Gasteiger partial charge in [0.15, 0.2) is 17.5 Å². The predicted molar refractivity (Wildman–Crippen MR) is 209 cm³/mol. The second kappa shape index (κ2) is 13.6. The highest BCUT2D eigenvalue weighted by Gasteiger charge is 2.17. The Balaban J connectivity index is 1.16. The summed E-state index contributed by atoms with van der Waals surface area (Å²) >= 11 is 0. The van der Waals surface area contributed by atoms with E-state index < -0.39 is 0 Å². The van der Waals surface area contributed by atoms with Crippen molar-refractivity contribution in [3.63, 3.8) is 0 Å². The smallest absolute Gasteiger partial charge is 0.165 e. The maximum Gasteiger partial charge on any atom is 0.165 e. The van der Waals surface area contributed by atoms with Crippen molar-refractivity contribution in [2.45, 2.75) is 0 Å². The highest BCUT2D eigenvalue weighted by atomic mass is 15.0. The molecule has 0 unspecified atom stereocenters. The van der Waals surface area contributed by atoms with E-state index in [-0.39, 0.29) is 0 Å². The first-order valence-electron chi connectivity index (χ1n) is 17.1. The number of pyridine rings is 3. The van der Waals surface area contributed by atoms with Crippen LogP contribution in [0.3, 0.4) is 0 Å². The molecule has 0 atom stereocenters. The van der Waals surface area contributed by atoms with Crippen LogP contribution >= 0.6 is 0 Å². The predicted octanol–water partition coefficient (Wildman–Crippen LogP) is 10.9. The molecule has 0 aliphatic rings. The molecular formula is C46H30N6. The Kier molecular flexibility index (Phi) is 8.08. The molecule has 9 aromatic rings. The Hall–Kier alpha value is -7.18. The molecular weight excluding hydrogens is 637 g/mol. The van der Waals surface area contributed by atoms with E-state index in [2.05, 4.69) is 125 Å². The number of benzene rings is 5. The first-order chi connectivity index (χ1) is 25.8. The van der Waals surface area contributed by atoms with Crippen molar-refractivity contribution in [3.8, 4) is 78.7 Å². The number of fused-ring (bicyclic) bond motifs is 1. The minimum Gasteiger partial charge on any atom is -0.264 e. The van der Waals surface area contributed by atoms with Gasteiger partial charge >= 0.3 is 0 Å². The quantitative estimate of drug-likeness (QED) is 0.168. The van der Waals surface area contributed by atoms with Crippen LogP contribution in [-0.2, 0) is 0 Å². The molecule has 6 nitrogen and oxygen atoms in total. The SMILES string of the molecule is c1ccc(-c2ccc(-c3ccc(-c4ccc(-c5nc(-c6cccnc6)nc(-c6cccnc6)n5)cc4-c4cccc5cccnc45)cc3)cc2)cc1. The fourth-order valence-electron chi connectivity index (χ4n) is 6.56. The van der Waals surface area contributed by atoms with E-state index in [0.717, 1.165) is 55.4 Å². The molecule has 6 heteroatoms. The zero-order chi connectivity index (χ0) is 34.7. The average Bonchev–Trinajstić information content (AvgIpc) is 3.24. The molecule has 0 fully saturated rings. The summed E-state index contributed by atoms with van der Waals surface area (Å²) in [4.78, 5) is 28.2. The lowest BCUT2D eigenvalue weighted by atomic mass is 9.90. The molecule has 0 N–H and O–H groups in total. The van der Waals surface area contributed by atoms with Crippen LogP contribution < -0.4 is 0 Å². The molecule has 0 radical (unpaired) electrons. The Morgan fingerprint density at radius 2 is 0.808 bits per heavy atom. The van der Waals surface area contributed by atoms with E-state index in [9.17, 15) is 0 Å². The summed E-state index contributed by atoms with van der Waals surface area (Å²) < 4.78 is 0.